The van der Waals surface area contributed by atoms with Crippen LogP contribution >= 0.6 is 0 Å². The largest absolute Gasteiger partial charge is 0.405 e. The summed E-state index contributed by atoms with van der Waals surface area (Å²) in [5.74, 6) is 0. The van der Waals surface area contributed by atoms with E-state index in [9.17, 15) is 0 Å². The molecular formula is C23H35NOSi. The smallest absolute Gasteiger partial charge is 0.261 e. The maximum Gasteiger partial charge on any atom is 0.261 e. The molecule has 0 aliphatic heterocycles. The lowest BCUT2D eigenvalue weighted by Crippen LogP contribution is -2.67. The second-order valence-electron chi connectivity index (χ2n) is 8.49. The summed E-state index contributed by atoms with van der Waals surface area (Å²) in [5, 5.41) is 6.25. The lowest BCUT2D eigenvalue weighted by molar-refractivity contribution is 0.194. The minimum Gasteiger partial charge on any atom is -0.405 e. The fourth-order valence-corrected chi connectivity index (χ4v) is 8.36. The van der Waals surface area contributed by atoms with Gasteiger partial charge in [-0.2, -0.15) is 0 Å². The van der Waals surface area contributed by atoms with Crippen LogP contribution in [0.5, 0.6) is 0 Å². The molecule has 0 fully saturated rings. The van der Waals surface area contributed by atoms with Crippen LogP contribution in [0.1, 0.15) is 48.0 Å². The van der Waals surface area contributed by atoms with Gasteiger partial charge in [0.1, 0.15) is 0 Å². The van der Waals surface area contributed by atoms with Crippen molar-refractivity contribution in [2.75, 3.05) is 6.54 Å². The average Bonchev–Trinajstić information content (AvgIpc) is 2.60. The number of hydrogen-bond acceptors (Lipinski definition) is 2. The van der Waals surface area contributed by atoms with Gasteiger partial charge in [0.2, 0.25) is 0 Å². The van der Waals surface area contributed by atoms with Crippen LogP contribution in [0.2, 0.25) is 5.04 Å². The molecule has 0 saturated heterocycles. The Morgan fingerprint density at radius 1 is 0.846 bits per heavy atom. The fraction of sp³-hybridized carbons (Fsp3) is 0.478. The lowest BCUT2D eigenvalue weighted by Gasteiger charge is -2.44. The van der Waals surface area contributed by atoms with Crippen molar-refractivity contribution in [3.05, 3.63) is 60.7 Å². The SMILES string of the molecule is CC(C)NCCC(C)O[Si](c1ccccc1)(c1ccccc1)C(C)(C)C. The Hall–Kier alpha value is -1.42. The third kappa shape index (κ3) is 4.85. The molecule has 142 valence electrons. The molecule has 2 aromatic rings. The van der Waals surface area contributed by atoms with Crippen molar-refractivity contribution >= 4 is 18.7 Å². The molecule has 1 N–H and O–H groups in total. The summed E-state index contributed by atoms with van der Waals surface area (Å²) < 4.78 is 7.06. The second kappa shape index (κ2) is 8.98. The van der Waals surface area contributed by atoms with Crippen LogP contribution in [0.4, 0.5) is 0 Å². The topological polar surface area (TPSA) is 21.3 Å². The van der Waals surface area contributed by atoms with Crippen LogP contribution < -0.4 is 15.7 Å². The van der Waals surface area contributed by atoms with E-state index in [1.807, 2.05) is 0 Å². The molecule has 0 radical (unpaired) electrons. The zero-order valence-corrected chi connectivity index (χ0v) is 18.3. The predicted octanol–water partition coefficient (Wildman–Crippen LogP) is 4.34. The third-order valence-electron chi connectivity index (χ3n) is 4.90. The minimum absolute atomic E-state index is 0.0371. The molecule has 3 heteroatoms. The molecule has 0 aliphatic carbocycles. The molecule has 26 heavy (non-hydrogen) atoms. The van der Waals surface area contributed by atoms with E-state index in [0.29, 0.717) is 6.04 Å². The summed E-state index contributed by atoms with van der Waals surface area (Å²) in [4.78, 5) is 0. The Balaban J connectivity index is 2.44. The molecule has 2 nitrogen and oxygen atoms in total. The zero-order valence-electron chi connectivity index (χ0n) is 17.3. The highest BCUT2D eigenvalue weighted by Gasteiger charge is 2.50. The number of nitrogens with one attached hydrogen (secondary N) is 1. The van der Waals surface area contributed by atoms with E-state index < -0.39 is 8.32 Å². The molecule has 2 aromatic carbocycles. The average molecular weight is 370 g/mol. The molecule has 0 aliphatic rings. The Labute approximate surface area is 161 Å². The zero-order chi connectivity index (χ0) is 19.2. The van der Waals surface area contributed by atoms with Crippen molar-refractivity contribution in [2.24, 2.45) is 0 Å². The predicted molar refractivity (Wildman–Crippen MR) is 116 cm³/mol. The lowest BCUT2D eigenvalue weighted by atomic mass is 10.2. The van der Waals surface area contributed by atoms with Crippen molar-refractivity contribution in [3.63, 3.8) is 0 Å². The highest BCUT2D eigenvalue weighted by Crippen LogP contribution is 2.37. The monoisotopic (exact) mass is 369 g/mol. The molecule has 0 bridgehead atoms. The van der Waals surface area contributed by atoms with E-state index in [2.05, 4.69) is 108 Å². The quantitative estimate of drug-likeness (QED) is 0.699. The van der Waals surface area contributed by atoms with Crippen molar-refractivity contribution < 1.29 is 4.43 Å². The molecular weight excluding hydrogens is 334 g/mol. The van der Waals surface area contributed by atoms with Crippen LogP contribution in [0, 0.1) is 0 Å². The van der Waals surface area contributed by atoms with Gasteiger partial charge in [-0.3, -0.25) is 0 Å². The first-order chi connectivity index (χ1) is 12.3. The Morgan fingerprint density at radius 2 is 1.31 bits per heavy atom. The van der Waals surface area contributed by atoms with Crippen LogP contribution in [0.15, 0.2) is 60.7 Å². The van der Waals surface area contributed by atoms with Crippen LogP contribution in [0.3, 0.4) is 0 Å². The van der Waals surface area contributed by atoms with Gasteiger partial charge in [-0.15, -0.1) is 0 Å². The normalized spacial score (nSPS) is 13.8. The van der Waals surface area contributed by atoms with Gasteiger partial charge in [-0.25, -0.2) is 0 Å². The first kappa shape index (κ1) is 20.9. The van der Waals surface area contributed by atoms with Gasteiger partial charge in [-0.05, 0) is 35.3 Å². The van der Waals surface area contributed by atoms with E-state index in [4.69, 9.17) is 4.43 Å². The number of benzene rings is 2. The van der Waals surface area contributed by atoms with Crippen LogP contribution in [-0.2, 0) is 4.43 Å². The molecule has 0 aromatic heterocycles. The van der Waals surface area contributed by atoms with E-state index in [1.54, 1.807) is 0 Å². The molecule has 0 amide bonds. The van der Waals surface area contributed by atoms with Gasteiger partial charge in [0.05, 0.1) is 0 Å². The van der Waals surface area contributed by atoms with Crippen molar-refractivity contribution in [2.45, 2.75) is 65.1 Å². The van der Waals surface area contributed by atoms with Gasteiger partial charge in [0.15, 0.2) is 0 Å². The maximum atomic E-state index is 7.06. The Bertz CT molecular complexity index is 609. The molecule has 0 saturated carbocycles. The first-order valence-corrected chi connectivity index (χ1v) is 11.7. The third-order valence-corrected chi connectivity index (χ3v) is 10.1. The van der Waals surface area contributed by atoms with Gasteiger partial charge in [-0.1, -0.05) is 95.3 Å². The summed E-state index contributed by atoms with van der Waals surface area (Å²) in [6.45, 7) is 14.6. The standard InChI is InChI=1S/C23H35NOSi/c1-19(2)24-18-17-20(3)25-26(23(4,5)6,21-13-9-7-10-14-21)22-15-11-8-12-16-22/h7-16,19-20,24H,17-18H2,1-6H3. The maximum absolute atomic E-state index is 7.06. The Morgan fingerprint density at radius 3 is 1.69 bits per heavy atom. The molecule has 0 heterocycles. The van der Waals surface area contributed by atoms with E-state index in [0.717, 1.165) is 13.0 Å². The summed E-state index contributed by atoms with van der Waals surface area (Å²) in [6, 6.07) is 22.3. The second-order valence-corrected chi connectivity index (χ2v) is 12.7. The van der Waals surface area contributed by atoms with Crippen LogP contribution in [0.25, 0.3) is 0 Å². The highest BCUT2D eigenvalue weighted by atomic mass is 28.4. The number of hydrogen-bond donors (Lipinski definition) is 1. The van der Waals surface area contributed by atoms with Gasteiger partial charge in [0.25, 0.3) is 8.32 Å². The summed E-state index contributed by atoms with van der Waals surface area (Å²) in [5.41, 5.74) is 0. The van der Waals surface area contributed by atoms with Gasteiger partial charge in [0, 0.05) is 12.1 Å². The molecule has 2 rings (SSSR count). The first-order valence-electron chi connectivity index (χ1n) is 9.79. The van der Waals surface area contributed by atoms with Gasteiger partial charge < -0.3 is 9.74 Å². The molecule has 0 spiro atoms. The van der Waals surface area contributed by atoms with Crippen molar-refractivity contribution in [3.8, 4) is 0 Å². The molecule has 1 unspecified atom stereocenters. The summed E-state index contributed by atoms with van der Waals surface area (Å²) in [7, 11) is -2.42. The molecule has 1 atom stereocenters. The van der Waals surface area contributed by atoms with Crippen molar-refractivity contribution in [1.82, 2.24) is 5.32 Å². The van der Waals surface area contributed by atoms with Gasteiger partial charge >= 0.3 is 0 Å². The van der Waals surface area contributed by atoms with E-state index in [1.165, 1.54) is 10.4 Å². The van der Waals surface area contributed by atoms with Crippen molar-refractivity contribution in [1.29, 1.82) is 0 Å². The van der Waals surface area contributed by atoms with Crippen LogP contribution in [-0.4, -0.2) is 27.0 Å². The summed E-state index contributed by atoms with van der Waals surface area (Å²) >= 11 is 0. The van der Waals surface area contributed by atoms with E-state index >= 15 is 0 Å². The minimum atomic E-state index is -2.42. The highest BCUT2D eigenvalue weighted by molar-refractivity contribution is 6.99. The fourth-order valence-electron chi connectivity index (χ4n) is 3.63. The van der Waals surface area contributed by atoms with E-state index in [-0.39, 0.29) is 11.1 Å². The summed E-state index contributed by atoms with van der Waals surface area (Å²) in [6.07, 6.45) is 1.22. The Kier molecular flexibility index (Phi) is 7.21. The number of rotatable bonds is 8.